The fraction of sp³-hybridized carbons (Fsp3) is 0. The van der Waals surface area contributed by atoms with Crippen LogP contribution >= 0.6 is 0 Å². The maximum atomic E-state index is 14.5. The summed E-state index contributed by atoms with van der Waals surface area (Å²) in [7, 11) is -4.02. The summed E-state index contributed by atoms with van der Waals surface area (Å²) >= 11 is 0. The first-order valence-corrected chi connectivity index (χ1v) is 13.3. The van der Waals surface area contributed by atoms with Gasteiger partial charge in [-0.3, -0.25) is 0 Å². The van der Waals surface area contributed by atoms with E-state index in [0.717, 1.165) is 21.5 Å². The molecule has 0 aliphatic carbocycles. The molecule has 4 nitrogen and oxygen atoms in total. The second-order valence-electron chi connectivity index (χ2n) is 8.92. The lowest BCUT2D eigenvalue weighted by molar-refractivity contribution is 0.475. The highest BCUT2D eigenvalue weighted by molar-refractivity contribution is 7.91. The summed E-state index contributed by atoms with van der Waals surface area (Å²) in [6.07, 6.45) is 0. The van der Waals surface area contributed by atoms with Crippen LogP contribution < -0.4 is 0 Å². The lowest BCUT2D eigenvalue weighted by Gasteiger charge is -2.18. The van der Waals surface area contributed by atoms with Crippen molar-refractivity contribution < 1.29 is 18.6 Å². The molecule has 6 aromatic rings. The normalized spacial score (nSPS) is 11.7. The molecular formula is C32H22O4S. The summed E-state index contributed by atoms with van der Waals surface area (Å²) in [5.74, 6) is 0.218. The number of benzene rings is 6. The molecule has 0 unspecified atom stereocenters. The van der Waals surface area contributed by atoms with Crippen LogP contribution in [0.4, 0.5) is 0 Å². The number of hydrogen-bond donors (Lipinski definition) is 2. The Labute approximate surface area is 214 Å². The van der Waals surface area contributed by atoms with Gasteiger partial charge in [-0.2, -0.15) is 0 Å². The van der Waals surface area contributed by atoms with Gasteiger partial charge in [-0.25, -0.2) is 8.42 Å². The molecule has 6 rings (SSSR count). The second-order valence-corrected chi connectivity index (χ2v) is 10.8. The lowest BCUT2D eigenvalue weighted by Crippen LogP contribution is -2.07. The molecule has 37 heavy (non-hydrogen) atoms. The van der Waals surface area contributed by atoms with E-state index in [0.29, 0.717) is 22.3 Å². The Morgan fingerprint density at radius 1 is 0.432 bits per heavy atom. The number of phenols is 2. The van der Waals surface area contributed by atoms with Gasteiger partial charge in [0.1, 0.15) is 11.5 Å². The first-order chi connectivity index (χ1) is 17.9. The van der Waals surface area contributed by atoms with E-state index < -0.39 is 9.84 Å². The van der Waals surface area contributed by atoms with Crippen LogP contribution in [0, 0.1) is 0 Å². The standard InChI is InChI=1S/C32H22O4S/c33-25-15-9-23(10-16-25)31-27-7-3-1-5-21(27)13-19-29(31)37(35,36)30-20-14-22-6-2-4-8-28(22)32(30)24-11-17-26(34)18-12-24/h1-20,33-34H. The Kier molecular flexibility index (Phi) is 5.43. The van der Waals surface area contributed by atoms with Crippen LogP contribution in [0.15, 0.2) is 131 Å². The van der Waals surface area contributed by atoms with Gasteiger partial charge in [0.25, 0.3) is 0 Å². The highest BCUT2D eigenvalue weighted by atomic mass is 32.2. The molecule has 0 aliphatic rings. The average molecular weight is 503 g/mol. The number of aromatic hydroxyl groups is 2. The molecule has 5 heteroatoms. The zero-order chi connectivity index (χ0) is 25.6. The van der Waals surface area contributed by atoms with Gasteiger partial charge >= 0.3 is 0 Å². The summed E-state index contributed by atoms with van der Waals surface area (Å²) in [5, 5.41) is 23.2. The van der Waals surface area contributed by atoms with Gasteiger partial charge in [0.15, 0.2) is 0 Å². The van der Waals surface area contributed by atoms with Crippen molar-refractivity contribution in [3.8, 4) is 33.8 Å². The zero-order valence-corrected chi connectivity index (χ0v) is 20.5. The average Bonchev–Trinajstić information content (AvgIpc) is 2.93. The molecule has 0 fully saturated rings. The van der Waals surface area contributed by atoms with Crippen LogP contribution in [0.5, 0.6) is 11.5 Å². The molecule has 0 saturated heterocycles. The van der Waals surface area contributed by atoms with Crippen LogP contribution in [-0.4, -0.2) is 18.6 Å². The number of hydrogen-bond acceptors (Lipinski definition) is 4. The molecule has 6 aromatic carbocycles. The quantitative estimate of drug-likeness (QED) is 0.261. The third-order valence-corrected chi connectivity index (χ3v) is 8.51. The van der Waals surface area contributed by atoms with Crippen molar-refractivity contribution in [2.45, 2.75) is 9.79 Å². The first-order valence-electron chi connectivity index (χ1n) is 11.8. The van der Waals surface area contributed by atoms with Crippen LogP contribution in [0.2, 0.25) is 0 Å². The van der Waals surface area contributed by atoms with Gasteiger partial charge in [0.2, 0.25) is 9.84 Å². The summed E-state index contributed by atoms with van der Waals surface area (Å²) < 4.78 is 29.1. The maximum Gasteiger partial charge on any atom is 0.207 e. The van der Waals surface area contributed by atoms with E-state index in [1.165, 1.54) is 0 Å². The third kappa shape index (κ3) is 3.90. The van der Waals surface area contributed by atoms with Gasteiger partial charge < -0.3 is 10.2 Å². The minimum absolute atomic E-state index is 0.109. The lowest BCUT2D eigenvalue weighted by atomic mass is 9.98. The predicted octanol–water partition coefficient (Wildman–Crippen LogP) is 7.57. The minimum atomic E-state index is -4.02. The largest absolute Gasteiger partial charge is 0.508 e. The fourth-order valence-corrected chi connectivity index (χ4v) is 6.65. The number of sulfone groups is 1. The molecule has 0 aromatic heterocycles. The van der Waals surface area contributed by atoms with Gasteiger partial charge in [-0.1, -0.05) is 84.9 Å². The first kappa shape index (κ1) is 22.8. The van der Waals surface area contributed by atoms with E-state index in [-0.39, 0.29) is 21.3 Å². The zero-order valence-electron chi connectivity index (χ0n) is 19.7. The van der Waals surface area contributed by atoms with Crippen molar-refractivity contribution in [2.24, 2.45) is 0 Å². The maximum absolute atomic E-state index is 14.5. The fourth-order valence-electron chi connectivity index (χ4n) is 4.92. The van der Waals surface area contributed by atoms with Crippen molar-refractivity contribution in [1.29, 1.82) is 0 Å². The van der Waals surface area contributed by atoms with E-state index in [1.807, 2.05) is 60.7 Å². The van der Waals surface area contributed by atoms with Gasteiger partial charge in [-0.05, 0) is 69.1 Å². The summed E-state index contributed by atoms with van der Waals surface area (Å²) in [4.78, 5) is 0.374. The molecule has 0 spiro atoms. The summed E-state index contributed by atoms with van der Waals surface area (Å²) in [6.45, 7) is 0. The highest BCUT2D eigenvalue weighted by Gasteiger charge is 2.28. The summed E-state index contributed by atoms with van der Waals surface area (Å²) in [5.41, 5.74) is 2.56. The molecule has 0 radical (unpaired) electrons. The Morgan fingerprint density at radius 2 is 0.811 bits per heavy atom. The van der Waals surface area contributed by atoms with E-state index in [4.69, 9.17) is 0 Å². The van der Waals surface area contributed by atoms with Crippen LogP contribution in [-0.2, 0) is 9.84 Å². The van der Waals surface area contributed by atoms with Crippen molar-refractivity contribution in [3.05, 3.63) is 121 Å². The Bertz CT molecular complexity index is 1750. The topological polar surface area (TPSA) is 74.6 Å². The second kappa shape index (κ2) is 8.80. The Balaban J connectivity index is 1.69. The van der Waals surface area contributed by atoms with Crippen LogP contribution in [0.1, 0.15) is 0 Å². The van der Waals surface area contributed by atoms with Crippen molar-refractivity contribution in [1.82, 2.24) is 0 Å². The molecule has 180 valence electrons. The van der Waals surface area contributed by atoms with Crippen LogP contribution in [0.3, 0.4) is 0 Å². The predicted molar refractivity (Wildman–Crippen MR) is 148 cm³/mol. The SMILES string of the molecule is O=S(=O)(c1ccc2ccccc2c1-c1ccc(O)cc1)c1ccc2ccccc2c1-c1ccc(O)cc1. The van der Waals surface area contributed by atoms with Crippen molar-refractivity contribution in [3.63, 3.8) is 0 Å². The van der Waals surface area contributed by atoms with Gasteiger partial charge in [0, 0.05) is 11.1 Å². The van der Waals surface area contributed by atoms with E-state index in [2.05, 4.69) is 0 Å². The number of fused-ring (bicyclic) bond motifs is 2. The molecule has 0 bridgehead atoms. The third-order valence-electron chi connectivity index (χ3n) is 6.67. The minimum Gasteiger partial charge on any atom is -0.508 e. The molecule has 0 amide bonds. The van der Waals surface area contributed by atoms with Crippen molar-refractivity contribution in [2.75, 3.05) is 0 Å². The summed E-state index contributed by atoms with van der Waals surface area (Å²) in [6, 6.07) is 35.5. The van der Waals surface area contributed by atoms with Crippen molar-refractivity contribution >= 4 is 31.4 Å². The van der Waals surface area contributed by atoms with Crippen LogP contribution in [0.25, 0.3) is 43.8 Å². The van der Waals surface area contributed by atoms with E-state index in [9.17, 15) is 18.6 Å². The van der Waals surface area contributed by atoms with Gasteiger partial charge in [0.05, 0.1) is 9.79 Å². The number of phenolic OH excluding ortho intramolecular Hbond substituents is 2. The molecule has 2 N–H and O–H groups in total. The molecule has 0 atom stereocenters. The molecular weight excluding hydrogens is 480 g/mol. The van der Waals surface area contributed by atoms with E-state index >= 15 is 0 Å². The van der Waals surface area contributed by atoms with Gasteiger partial charge in [-0.15, -0.1) is 0 Å². The highest BCUT2D eigenvalue weighted by Crippen LogP contribution is 2.42. The smallest absolute Gasteiger partial charge is 0.207 e. The monoisotopic (exact) mass is 502 g/mol. The molecule has 0 saturated carbocycles. The van der Waals surface area contributed by atoms with E-state index in [1.54, 1.807) is 60.7 Å². The Morgan fingerprint density at radius 3 is 1.22 bits per heavy atom. The molecule has 0 heterocycles. The number of rotatable bonds is 4. The Hall–Kier alpha value is -4.61. The molecule has 0 aliphatic heterocycles.